The molecule has 0 aliphatic carbocycles. The standard InChI is InChI=1S/C14H18FN3O2S/c1-10-8-12(15)9-11(2)14(10)21(19,20)17-7-5-13-4-6-16-18(13)3/h4,6,8-9,17H,5,7H2,1-3H3. The zero-order chi connectivity index (χ0) is 15.6. The number of sulfonamides is 1. The first-order valence-electron chi connectivity index (χ1n) is 6.54. The van der Waals surface area contributed by atoms with E-state index in [4.69, 9.17) is 0 Å². The van der Waals surface area contributed by atoms with E-state index >= 15 is 0 Å². The van der Waals surface area contributed by atoms with Gasteiger partial charge < -0.3 is 0 Å². The molecule has 0 amide bonds. The van der Waals surface area contributed by atoms with Crippen LogP contribution in [0.25, 0.3) is 0 Å². The second-order valence-electron chi connectivity index (χ2n) is 4.96. The van der Waals surface area contributed by atoms with Gasteiger partial charge in [-0.3, -0.25) is 4.68 Å². The minimum absolute atomic E-state index is 0.147. The zero-order valence-electron chi connectivity index (χ0n) is 12.2. The molecule has 0 saturated carbocycles. The molecule has 114 valence electrons. The molecule has 1 N–H and O–H groups in total. The molecule has 5 nitrogen and oxygen atoms in total. The number of hydrogen-bond donors (Lipinski definition) is 1. The molecule has 2 rings (SSSR count). The van der Waals surface area contributed by atoms with Gasteiger partial charge in [0.2, 0.25) is 10.0 Å². The molecular weight excluding hydrogens is 293 g/mol. The summed E-state index contributed by atoms with van der Waals surface area (Å²) in [5, 5.41) is 4.03. The molecule has 0 atom stereocenters. The van der Waals surface area contributed by atoms with Crippen molar-refractivity contribution in [3.05, 3.63) is 47.0 Å². The first-order chi connectivity index (χ1) is 9.81. The van der Waals surface area contributed by atoms with Gasteiger partial charge in [0.1, 0.15) is 5.82 Å². The summed E-state index contributed by atoms with van der Waals surface area (Å²) in [6.45, 7) is 3.44. The number of rotatable bonds is 5. The molecule has 1 heterocycles. The minimum Gasteiger partial charge on any atom is -0.273 e. The molecule has 1 aromatic carbocycles. The van der Waals surface area contributed by atoms with Crippen molar-refractivity contribution >= 4 is 10.0 Å². The monoisotopic (exact) mass is 311 g/mol. The summed E-state index contributed by atoms with van der Waals surface area (Å²) in [6, 6.07) is 4.29. The Morgan fingerprint density at radius 1 is 1.29 bits per heavy atom. The minimum atomic E-state index is -3.65. The van der Waals surface area contributed by atoms with Gasteiger partial charge in [0, 0.05) is 31.9 Å². The van der Waals surface area contributed by atoms with Crippen LogP contribution in [-0.4, -0.2) is 24.7 Å². The molecule has 0 fully saturated rings. The van der Waals surface area contributed by atoms with Crippen LogP contribution < -0.4 is 4.72 Å². The van der Waals surface area contributed by atoms with Crippen LogP contribution in [0.2, 0.25) is 0 Å². The number of halogens is 1. The second kappa shape index (κ2) is 5.95. The Balaban J connectivity index is 2.14. The van der Waals surface area contributed by atoms with E-state index in [0.717, 1.165) is 5.69 Å². The van der Waals surface area contributed by atoms with Crippen molar-refractivity contribution in [3.63, 3.8) is 0 Å². The maximum Gasteiger partial charge on any atom is 0.241 e. The van der Waals surface area contributed by atoms with Gasteiger partial charge in [-0.2, -0.15) is 5.10 Å². The molecule has 0 aliphatic heterocycles. The quantitative estimate of drug-likeness (QED) is 0.914. The Morgan fingerprint density at radius 2 is 1.90 bits per heavy atom. The molecule has 0 saturated heterocycles. The van der Waals surface area contributed by atoms with Crippen molar-refractivity contribution in [2.45, 2.75) is 25.2 Å². The fourth-order valence-corrected chi connectivity index (χ4v) is 3.83. The van der Waals surface area contributed by atoms with Crippen molar-refractivity contribution in [2.75, 3.05) is 6.54 Å². The van der Waals surface area contributed by atoms with Gasteiger partial charge in [-0.15, -0.1) is 0 Å². The number of hydrogen-bond acceptors (Lipinski definition) is 3. The largest absolute Gasteiger partial charge is 0.273 e. The molecule has 0 radical (unpaired) electrons. The first-order valence-corrected chi connectivity index (χ1v) is 8.03. The van der Waals surface area contributed by atoms with Gasteiger partial charge in [-0.1, -0.05) is 0 Å². The van der Waals surface area contributed by atoms with Crippen LogP contribution in [0, 0.1) is 19.7 Å². The lowest BCUT2D eigenvalue weighted by atomic mass is 10.1. The second-order valence-corrected chi connectivity index (χ2v) is 6.67. The van der Waals surface area contributed by atoms with E-state index in [1.165, 1.54) is 12.1 Å². The third-order valence-corrected chi connectivity index (χ3v) is 5.06. The number of aryl methyl sites for hydroxylation is 3. The summed E-state index contributed by atoms with van der Waals surface area (Å²) < 4.78 is 42.2. The van der Waals surface area contributed by atoms with E-state index in [0.29, 0.717) is 17.5 Å². The van der Waals surface area contributed by atoms with Crippen molar-refractivity contribution in [3.8, 4) is 0 Å². The Bertz CT molecular complexity index is 730. The van der Waals surface area contributed by atoms with Crippen LogP contribution in [-0.2, 0) is 23.5 Å². The number of aromatic nitrogens is 2. The molecule has 0 unspecified atom stereocenters. The van der Waals surface area contributed by atoms with Crippen LogP contribution in [0.3, 0.4) is 0 Å². The average Bonchev–Trinajstić information content (AvgIpc) is 2.73. The van der Waals surface area contributed by atoms with Crippen LogP contribution in [0.5, 0.6) is 0 Å². The van der Waals surface area contributed by atoms with Crippen LogP contribution in [0.15, 0.2) is 29.3 Å². The van der Waals surface area contributed by atoms with Gasteiger partial charge in [0.25, 0.3) is 0 Å². The van der Waals surface area contributed by atoms with Crippen LogP contribution >= 0.6 is 0 Å². The smallest absolute Gasteiger partial charge is 0.241 e. The first kappa shape index (κ1) is 15.7. The summed E-state index contributed by atoms with van der Waals surface area (Å²) in [6.07, 6.45) is 2.20. The van der Waals surface area contributed by atoms with E-state index in [2.05, 4.69) is 9.82 Å². The molecular formula is C14H18FN3O2S. The normalized spacial score (nSPS) is 11.8. The van der Waals surface area contributed by atoms with Crippen LogP contribution in [0.1, 0.15) is 16.8 Å². The highest BCUT2D eigenvalue weighted by Gasteiger charge is 2.20. The van der Waals surface area contributed by atoms with Gasteiger partial charge in [-0.25, -0.2) is 17.5 Å². The topological polar surface area (TPSA) is 64.0 Å². The fourth-order valence-electron chi connectivity index (χ4n) is 2.35. The Hall–Kier alpha value is -1.73. The third-order valence-electron chi connectivity index (χ3n) is 3.29. The van der Waals surface area contributed by atoms with Gasteiger partial charge in [0.05, 0.1) is 4.90 Å². The van der Waals surface area contributed by atoms with Crippen LogP contribution in [0.4, 0.5) is 4.39 Å². The summed E-state index contributed by atoms with van der Waals surface area (Å²) in [4.78, 5) is 0.147. The SMILES string of the molecule is Cc1cc(F)cc(C)c1S(=O)(=O)NCCc1ccnn1C. The van der Waals surface area contributed by atoms with Crippen molar-refractivity contribution in [1.29, 1.82) is 0 Å². The van der Waals surface area contributed by atoms with Crippen molar-refractivity contribution < 1.29 is 12.8 Å². The molecule has 21 heavy (non-hydrogen) atoms. The van der Waals surface area contributed by atoms with Gasteiger partial charge in [-0.05, 0) is 43.2 Å². The lowest BCUT2D eigenvalue weighted by molar-refractivity contribution is 0.577. The molecule has 0 bridgehead atoms. The Kier molecular flexibility index (Phi) is 4.43. The summed E-state index contributed by atoms with van der Waals surface area (Å²) >= 11 is 0. The lowest BCUT2D eigenvalue weighted by Crippen LogP contribution is -2.27. The molecule has 0 aliphatic rings. The molecule has 1 aromatic heterocycles. The predicted molar refractivity (Wildman–Crippen MR) is 78.0 cm³/mol. The highest BCUT2D eigenvalue weighted by atomic mass is 32.2. The highest BCUT2D eigenvalue weighted by Crippen LogP contribution is 2.21. The molecule has 2 aromatic rings. The average molecular weight is 311 g/mol. The Morgan fingerprint density at radius 3 is 2.43 bits per heavy atom. The zero-order valence-corrected chi connectivity index (χ0v) is 13.0. The van der Waals surface area contributed by atoms with E-state index < -0.39 is 15.8 Å². The number of nitrogens with zero attached hydrogens (tertiary/aromatic N) is 2. The van der Waals surface area contributed by atoms with Gasteiger partial charge >= 0.3 is 0 Å². The predicted octanol–water partition coefficient (Wildman–Crippen LogP) is 1.70. The van der Waals surface area contributed by atoms with Gasteiger partial charge in [0.15, 0.2) is 0 Å². The molecule has 0 spiro atoms. The summed E-state index contributed by atoms with van der Waals surface area (Å²) in [5.74, 6) is -0.432. The van der Waals surface area contributed by atoms with E-state index in [1.807, 2.05) is 6.07 Å². The third kappa shape index (κ3) is 3.48. The van der Waals surface area contributed by atoms with E-state index in [-0.39, 0.29) is 11.4 Å². The highest BCUT2D eigenvalue weighted by molar-refractivity contribution is 7.89. The van der Waals surface area contributed by atoms with Crippen molar-refractivity contribution in [1.82, 2.24) is 14.5 Å². The van der Waals surface area contributed by atoms with Crippen molar-refractivity contribution in [2.24, 2.45) is 7.05 Å². The van der Waals surface area contributed by atoms with E-state index in [1.54, 1.807) is 31.8 Å². The molecule has 7 heteroatoms. The lowest BCUT2D eigenvalue weighted by Gasteiger charge is -2.12. The van der Waals surface area contributed by atoms with E-state index in [9.17, 15) is 12.8 Å². The maximum atomic E-state index is 13.3. The Labute approximate surface area is 123 Å². The number of benzene rings is 1. The number of nitrogens with one attached hydrogen (secondary N) is 1. The maximum absolute atomic E-state index is 13.3. The summed E-state index contributed by atoms with van der Waals surface area (Å²) in [5.41, 5.74) is 1.74. The fraction of sp³-hybridized carbons (Fsp3) is 0.357. The summed E-state index contributed by atoms with van der Waals surface area (Å²) in [7, 11) is -1.85.